The molecular formula is C18H25N7O. The second-order valence-electron chi connectivity index (χ2n) is 6.94. The first-order chi connectivity index (χ1) is 12.3. The van der Waals surface area contributed by atoms with Crippen molar-refractivity contribution in [3.63, 3.8) is 0 Å². The first-order valence-electron chi connectivity index (χ1n) is 8.72. The van der Waals surface area contributed by atoms with E-state index >= 15 is 0 Å². The molecule has 0 bridgehead atoms. The number of carbonyl (C=O) groups excluding carboxylic acids is 1. The van der Waals surface area contributed by atoms with E-state index in [1.165, 1.54) is 4.90 Å². The molecule has 0 aromatic carbocycles. The highest BCUT2D eigenvalue weighted by atomic mass is 16.2. The van der Waals surface area contributed by atoms with Crippen LogP contribution in [0.4, 0.5) is 11.8 Å². The Bertz CT molecular complexity index is 804. The van der Waals surface area contributed by atoms with Crippen molar-refractivity contribution in [2.45, 2.75) is 33.2 Å². The standard InChI is InChI=1S/C18H25N7O/c1-11-8-19-18(20-9-11)22-14-6-7-25(10-14)16-12(2)13(3)21-15(23-16)17(26)24(4)5/h8-9,14H,6-7,10H2,1-5H3,(H,19,20,22)/t14-/m1/s1. The van der Waals surface area contributed by atoms with E-state index in [4.69, 9.17) is 0 Å². The molecule has 0 unspecified atom stereocenters. The number of hydrogen-bond donors (Lipinski definition) is 1. The van der Waals surface area contributed by atoms with Crippen molar-refractivity contribution in [3.05, 3.63) is 35.0 Å². The normalized spacial score (nSPS) is 16.7. The first-order valence-corrected chi connectivity index (χ1v) is 8.72. The van der Waals surface area contributed by atoms with Gasteiger partial charge in [-0.3, -0.25) is 4.79 Å². The summed E-state index contributed by atoms with van der Waals surface area (Å²) in [6.45, 7) is 7.52. The van der Waals surface area contributed by atoms with Gasteiger partial charge in [0.25, 0.3) is 5.91 Å². The number of nitrogens with zero attached hydrogens (tertiary/aromatic N) is 6. The van der Waals surface area contributed by atoms with Crippen molar-refractivity contribution in [2.24, 2.45) is 0 Å². The number of carbonyl (C=O) groups is 1. The Kier molecular flexibility index (Phi) is 5.01. The Balaban J connectivity index is 1.77. The fraction of sp³-hybridized carbons (Fsp3) is 0.500. The monoisotopic (exact) mass is 355 g/mol. The summed E-state index contributed by atoms with van der Waals surface area (Å²) in [5, 5.41) is 3.38. The molecule has 138 valence electrons. The van der Waals surface area contributed by atoms with Crippen molar-refractivity contribution in [2.75, 3.05) is 37.4 Å². The van der Waals surface area contributed by atoms with Gasteiger partial charge in [0.1, 0.15) is 5.82 Å². The van der Waals surface area contributed by atoms with E-state index in [2.05, 4.69) is 30.2 Å². The number of aryl methyl sites for hydroxylation is 2. The third-order valence-corrected chi connectivity index (χ3v) is 4.56. The zero-order valence-electron chi connectivity index (χ0n) is 15.9. The first kappa shape index (κ1) is 18.0. The van der Waals surface area contributed by atoms with Gasteiger partial charge in [0, 0.05) is 56.9 Å². The topological polar surface area (TPSA) is 87.1 Å². The summed E-state index contributed by atoms with van der Waals surface area (Å²) < 4.78 is 0. The molecule has 1 N–H and O–H groups in total. The molecular weight excluding hydrogens is 330 g/mol. The summed E-state index contributed by atoms with van der Waals surface area (Å²) >= 11 is 0. The summed E-state index contributed by atoms with van der Waals surface area (Å²) in [6.07, 6.45) is 4.56. The SMILES string of the molecule is Cc1cnc(N[C@@H]2CCN(c3nc(C(=O)N(C)C)nc(C)c3C)C2)nc1. The fourth-order valence-corrected chi connectivity index (χ4v) is 2.94. The molecule has 8 heteroatoms. The van der Waals surface area contributed by atoms with Gasteiger partial charge in [-0.15, -0.1) is 0 Å². The van der Waals surface area contributed by atoms with Crippen LogP contribution in [-0.2, 0) is 0 Å². The summed E-state index contributed by atoms with van der Waals surface area (Å²) in [5.74, 6) is 1.53. The van der Waals surface area contributed by atoms with Gasteiger partial charge in [-0.25, -0.2) is 19.9 Å². The van der Waals surface area contributed by atoms with Gasteiger partial charge < -0.3 is 15.1 Å². The molecule has 0 radical (unpaired) electrons. The Morgan fingerprint density at radius 3 is 2.54 bits per heavy atom. The summed E-state index contributed by atoms with van der Waals surface area (Å²) in [7, 11) is 3.41. The van der Waals surface area contributed by atoms with E-state index in [-0.39, 0.29) is 17.8 Å². The average molecular weight is 355 g/mol. The molecule has 1 saturated heterocycles. The van der Waals surface area contributed by atoms with Crippen molar-refractivity contribution >= 4 is 17.7 Å². The summed E-state index contributed by atoms with van der Waals surface area (Å²) in [4.78, 5) is 33.5. The zero-order valence-corrected chi connectivity index (χ0v) is 15.9. The third kappa shape index (κ3) is 3.74. The smallest absolute Gasteiger partial charge is 0.291 e. The molecule has 1 fully saturated rings. The zero-order chi connectivity index (χ0) is 18.8. The maximum atomic E-state index is 12.3. The summed E-state index contributed by atoms with van der Waals surface area (Å²) in [5.41, 5.74) is 2.87. The molecule has 26 heavy (non-hydrogen) atoms. The minimum atomic E-state index is -0.184. The van der Waals surface area contributed by atoms with Crippen molar-refractivity contribution < 1.29 is 4.79 Å². The lowest BCUT2D eigenvalue weighted by molar-refractivity contribution is 0.0815. The molecule has 2 aromatic heterocycles. The Morgan fingerprint density at radius 1 is 1.19 bits per heavy atom. The van der Waals surface area contributed by atoms with Crippen molar-refractivity contribution in [3.8, 4) is 0 Å². The molecule has 8 nitrogen and oxygen atoms in total. The Labute approximate surface area is 153 Å². The lowest BCUT2D eigenvalue weighted by Gasteiger charge is -2.22. The lowest BCUT2D eigenvalue weighted by Crippen LogP contribution is -2.30. The van der Waals surface area contributed by atoms with Crippen LogP contribution in [0.1, 0.15) is 33.9 Å². The predicted octanol–water partition coefficient (Wildman–Crippen LogP) is 1.58. The highest BCUT2D eigenvalue weighted by molar-refractivity contribution is 5.90. The van der Waals surface area contributed by atoms with E-state index < -0.39 is 0 Å². The molecule has 0 saturated carbocycles. The van der Waals surface area contributed by atoms with Crippen molar-refractivity contribution in [1.29, 1.82) is 0 Å². The van der Waals surface area contributed by atoms with Crippen LogP contribution in [0.5, 0.6) is 0 Å². The van der Waals surface area contributed by atoms with Crippen LogP contribution in [0, 0.1) is 20.8 Å². The molecule has 1 aliphatic rings. The average Bonchev–Trinajstić information content (AvgIpc) is 3.06. The van der Waals surface area contributed by atoms with Gasteiger partial charge in [-0.2, -0.15) is 0 Å². The Morgan fingerprint density at radius 2 is 1.88 bits per heavy atom. The number of amides is 1. The van der Waals surface area contributed by atoms with Crippen LogP contribution in [-0.4, -0.2) is 64.0 Å². The molecule has 1 aliphatic heterocycles. The highest BCUT2D eigenvalue weighted by Crippen LogP contribution is 2.25. The summed E-state index contributed by atoms with van der Waals surface area (Å²) in [6, 6.07) is 0.236. The van der Waals surface area contributed by atoms with Crippen LogP contribution in [0.3, 0.4) is 0 Å². The number of rotatable bonds is 4. The number of aromatic nitrogens is 4. The van der Waals surface area contributed by atoms with Crippen LogP contribution in [0.2, 0.25) is 0 Å². The lowest BCUT2D eigenvalue weighted by atomic mass is 10.2. The number of anilines is 2. The van der Waals surface area contributed by atoms with Crippen molar-refractivity contribution in [1.82, 2.24) is 24.8 Å². The van der Waals surface area contributed by atoms with Gasteiger partial charge in [-0.05, 0) is 32.8 Å². The molecule has 1 amide bonds. The minimum Gasteiger partial charge on any atom is -0.354 e. The molecule has 0 spiro atoms. The second-order valence-corrected chi connectivity index (χ2v) is 6.94. The molecule has 2 aromatic rings. The fourth-order valence-electron chi connectivity index (χ4n) is 2.94. The number of hydrogen-bond acceptors (Lipinski definition) is 7. The molecule has 1 atom stereocenters. The minimum absolute atomic E-state index is 0.184. The van der Waals surface area contributed by atoms with Gasteiger partial charge >= 0.3 is 0 Å². The van der Waals surface area contributed by atoms with Gasteiger partial charge in [0.05, 0.1) is 0 Å². The molecule has 3 rings (SSSR count). The molecule has 0 aliphatic carbocycles. The van der Waals surface area contributed by atoms with E-state index in [9.17, 15) is 4.79 Å². The van der Waals surface area contributed by atoms with Crippen LogP contribution >= 0.6 is 0 Å². The van der Waals surface area contributed by atoms with Crippen LogP contribution in [0.15, 0.2) is 12.4 Å². The quantitative estimate of drug-likeness (QED) is 0.891. The van der Waals surface area contributed by atoms with E-state index in [0.717, 1.165) is 42.1 Å². The number of nitrogens with one attached hydrogen (secondary N) is 1. The second kappa shape index (κ2) is 7.23. The molecule has 3 heterocycles. The Hall–Kier alpha value is -2.77. The van der Waals surface area contributed by atoms with Crippen LogP contribution in [0.25, 0.3) is 0 Å². The third-order valence-electron chi connectivity index (χ3n) is 4.56. The van der Waals surface area contributed by atoms with Crippen LogP contribution < -0.4 is 10.2 Å². The van der Waals surface area contributed by atoms with Gasteiger partial charge in [0.2, 0.25) is 11.8 Å². The van der Waals surface area contributed by atoms with E-state index in [0.29, 0.717) is 5.95 Å². The highest BCUT2D eigenvalue weighted by Gasteiger charge is 2.27. The van der Waals surface area contributed by atoms with E-state index in [1.54, 1.807) is 26.5 Å². The van der Waals surface area contributed by atoms with Gasteiger partial charge in [0.15, 0.2) is 0 Å². The maximum Gasteiger partial charge on any atom is 0.291 e. The predicted molar refractivity (Wildman–Crippen MR) is 101 cm³/mol. The largest absolute Gasteiger partial charge is 0.354 e. The maximum absolute atomic E-state index is 12.3. The van der Waals surface area contributed by atoms with E-state index in [1.807, 2.05) is 20.8 Å². The van der Waals surface area contributed by atoms with Gasteiger partial charge in [-0.1, -0.05) is 0 Å².